The van der Waals surface area contributed by atoms with Gasteiger partial charge in [0.05, 0.1) is 17.9 Å². The summed E-state index contributed by atoms with van der Waals surface area (Å²) in [4.78, 5) is 27.8. The van der Waals surface area contributed by atoms with E-state index in [0.717, 1.165) is 41.8 Å². The zero-order chi connectivity index (χ0) is 24.2. The molecule has 1 aromatic heterocycles. The number of carbonyl (C=O) groups excluding carboxylic acids is 2. The molecule has 1 aliphatic rings. The van der Waals surface area contributed by atoms with Gasteiger partial charge in [0.1, 0.15) is 5.82 Å². The van der Waals surface area contributed by atoms with Gasteiger partial charge < -0.3 is 10.2 Å². The molecule has 1 saturated carbocycles. The number of hydrogen-bond donors (Lipinski definition) is 1. The van der Waals surface area contributed by atoms with Crippen LogP contribution in [0, 0.1) is 25.7 Å². The molecule has 0 radical (unpaired) electrons. The van der Waals surface area contributed by atoms with Gasteiger partial charge in [0, 0.05) is 24.1 Å². The van der Waals surface area contributed by atoms with E-state index in [1.54, 1.807) is 9.58 Å². The highest BCUT2D eigenvalue weighted by Crippen LogP contribution is 2.29. The van der Waals surface area contributed by atoms with Crippen molar-refractivity contribution in [3.05, 3.63) is 65.7 Å². The molecule has 1 heterocycles. The zero-order valence-corrected chi connectivity index (χ0v) is 20.5. The summed E-state index contributed by atoms with van der Waals surface area (Å²) in [7, 11) is 0. The van der Waals surface area contributed by atoms with Crippen molar-refractivity contribution in [2.75, 3.05) is 18.4 Å². The topological polar surface area (TPSA) is 67.2 Å². The molecule has 0 bridgehead atoms. The molecule has 0 atom stereocenters. The lowest BCUT2D eigenvalue weighted by atomic mass is 9.84. The van der Waals surface area contributed by atoms with Crippen LogP contribution in [0.15, 0.2) is 54.6 Å². The number of aryl methyl sites for hydroxylation is 2. The Labute approximate surface area is 202 Å². The summed E-state index contributed by atoms with van der Waals surface area (Å²) in [6.07, 6.45) is 2.94. The molecule has 0 unspecified atom stereocenters. The minimum atomic E-state index is -0.209. The quantitative estimate of drug-likeness (QED) is 0.493. The van der Waals surface area contributed by atoms with Gasteiger partial charge in [-0.3, -0.25) is 9.59 Å². The van der Waals surface area contributed by atoms with E-state index in [2.05, 4.69) is 32.2 Å². The third-order valence-electron chi connectivity index (χ3n) is 6.31. The number of carbonyl (C=O) groups is 2. The van der Waals surface area contributed by atoms with Crippen LogP contribution < -0.4 is 5.32 Å². The van der Waals surface area contributed by atoms with E-state index in [9.17, 15) is 9.59 Å². The number of benzene rings is 2. The van der Waals surface area contributed by atoms with Gasteiger partial charge in [-0.1, -0.05) is 68.3 Å². The molecule has 3 aromatic rings. The SMILES string of the molecule is Cc1ccc(-n2nc(-c3ccccc3)cc2NC(=O)CN(CC(C)C)C(=O)C2CCC2)c(C)c1. The van der Waals surface area contributed by atoms with Crippen molar-refractivity contribution in [3.63, 3.8) is 0 Å². The van der Waals surface area contributed by atoms with Crippen LogP contribution in [0.3, 0.4) is 0 Å². The fourth-order valence-corrected chi connectivity index (χ4v) is 4.39. The number of nitrogens with zero attached hydrogens (tertiary/aromatic N) is 3. The van der Waals surface area contributed by atoms with E-state index in [1.165, 1.54) is 5.56 Å². The van der Waals surface area contributed by atoms with Crippen molar-refractivity contribution in [1.29, 1.82) is 0 Å². The predicted molar refractivity (Wildman–Crippen MR) is 136 cm³/mol. The number of aromatic nitrogens is 2. The highest BCUT2D eigenvalue weighted by Gasteiger charge is 2.31. The van der Waals surface area contributed by atoms with Crippen LogP contribution in [0.5, 0.6) is 0 Å². The Morgan fingerprint density at radius 2 is 1.82 bits per heavy atom. The first-order valence-electron chi connectivity index (χ1n) is 12.1. The number of rotatable bonds is 8. The number of nitrogens with one attached hydrogen (secondary N) is 1. The van der Waals surface area contributed by atoms with Gasteiger partial charge in [0.2, 0.25) is 11.8 Å². The first-order valence-corrected chi connectivity index (χ1v) is 12.1. The Morgan fingerprint density at radius 3 is 2.44 bits per heavy atom. The van der Waals surface area contributed by atoms with E-state index in [0.29, 0.717) is 18.3 Å². The third-order valence-corrected chi connectivity index (χ3v) is 6.31. The lowest BCUT2D eigenvalue weighted by Gasteiger charge is -2.32. The number of amides is 2. The Bertz CT molecular complexity index is 1160. The number of hydrogen-bond acceptors (Lipinski definition) is 3. The maximum atomic E-state index is 13.2. The van der Waals surface area contributed by atoms with Gasteiger partial charge in [-0.2, -0.15) is 5.10 Å². The van der Waals surface area contributed by atoms with Gasteiger partial charge >= 0.3 is 0 Å². The second kappa shape index (κ2) is 10.2. The lowest BCUT2D eigenvalue weighted by molar-refractivity contribution is -0.141. The van der Waals surface area contributed by atoms with Crippen molar-refractivity contribution in [3.8, 4) is 16.9 Å². The van der Waals surface area contributed by atoms with E-state index < -0.39 is 0 Å². The third kappa shape index (κ3) is 5.38. The van der Waals surface area contributed by atoms with Crippen LogP contribution in [-0.2, 0) is 9.59 Å². The minimum Gasteiger partial charge on any atom is -0.333 e. The Hall–Kier alpha value is -3.41. The second-order valence-corrected chi connectivity index (χ2v) is 9.77. The molecule has 0 spiro atoms. The molecule has 6 nitrogen and oxygen atoms in total. The van der Waals surface area contributed by atoms with E-state index in [4.69, 9.17) is 5.10 Å². The van der Waals surface area contributed by atoms with Crippen molar-refractivity contribution in [2.24, 2.45) is 11.8 Å². The monoisotopic (exact) mass is 458 g/mol. The maximum absolute atomic E-state index is 13.2. The smallest absolute Gasteiger partial charge is 0.245 e. The number of anilines is 1. The first-order chi connectivity index (χ1) is 16.3. The van der Waals surface area contributed by atoms with Crippen molar-refractivity contribution in [1.82, 2.24) is 14.7 Å². The largest absolute Gasteiger partial charge is 0.333 e. The van der Waals surface area contributed by atoms with Gasteiger partial charge in [0.15, 0.2) is 0 Å². The zero-order valence-electron chi connectivity index (χ0n) is 20.5. The molecule has 1 aliphatic carbocycles. The summed E-state index contributed by atoms with van der Waals surface area (Å²) in [6.45, 7) is 8.86. The van der Waals surface area contributed by atoms with Crippen molar-refractivity contribution >= 4 is 17.6 Å². The molecule has 1 fully saturated rings. The first kappa shape index (κ1) is 23.7. The van der Waals surface area contributed by atoms with Crippen LogP contribution >= 0.6 is 0 Å². The molecule has 1 N–H and O–H groups in total. The average Bonchev–Trinajstić information content (AvgIpc) is 3.15. The molecule has 4 rings (SSSR count). The summed E-state index contributed by atoms with van der Waals surface area (Å²) >= 11 is 0. The summed E-state index contributed by atoms with van der Waals surface area (Å²) in [5, 5.41) is 7.87. The average molecular weight is 459 g/mol. The summed E-state index contributed by atoms with van der Waals surface area (Å²) in [6, 6.07) is 18.0. The fraction of sp³-hybridized carbons (Fsp3) is 0.393. The molecule has 0 saturated heterocycles. The molecule has 178 valence electrons. The lowest BCUT2D eigenvalue weighted by Crippen LogP contribution is -2.44. The molecular formula is C28H34N4O2. The van der Waals surface area contributed by atoms with Crippen LogP contribution in [0.4, 0.5) is 5.82 Å². The van der Waals surface area contributed by atoms with Crippen molar-refractivity contribution < 1.29 is 9.59 Å². The maximum Gasteiger partial charge on any atom is 0.245 e. The molecule has 6 heteroatoms. The molecular weight excluding hydrogens is 424 g/mol. The molecule has 2 amide bonds. The van der Waals surface area contributed by atoms with Crippen LogP contribution in [-0.4, -0.2) is 39.6 Å². The standard InChI is InChI=1S/C28H34N4O2/c1-19(2)17-31(28(34)23-11-8-12-23)18-27(33)29-26-16-24(22-9-6-5-7-10-22)30-32(26)25-14-13-20(3)15-21(25)4/h5-7,9-10,13-16,19,23H,8,11-12,17-18H2,1-4H3,(H,29,33). The van der Waals surface area contributed by atoms with Crippen molar-refractivity contribution in [2.45, 2.75) is 47.0 Å². The van der Waals surface area contributed by atoms with Gasteiger partial charge in [-0.25, -0.2) is 4.68 Å². The van der Waals surface area contributed by atoms with Gasteiger partial charge in [-0.15, -0.1) is 0 Å². The summed E-state index contributed by atoms with van der Waals surface area (Å²) in [5.74, 6) is 0.845. The predicted octanol–water partition coefficient (Wildman–Crippen LogP) is 5.38. The highest BCUT2D eigenvalue weighted by molar-refractivity contribution is 5.95. The second-order valence-electron chi connectivity index (χ2n) is 9.77. The highest BCUT2D eigenvalue weighted by atomic mass is 16.2. The minimum absolute atomic E-state index is 0.0479. The van der Waals surface area contributed by atoms with Crippen LogP contribution in [0.2, 0.25) is 0 Å². The molecule has 34 heavy (non-hydrogen) atoms. The summed E-state index contributed by atoms with van der Waals surface area (Å²) in [5.41, 5.74) is 4.90. The molecule has 2 aromatic carbocycles. The molecule has 0 aliphatic heterocycles. The Kier molecular flexibility index (Phi) is 7.15. The van der Waals surface area contributed by atoms with E-state index in [1.807, 2.05) is 55.5 Å². The normalized spacial score (nSPS) is 13.6. The van der Waals surface area contributed by atoms with Gasteiger partial charge in [-0.05, 0) is 44.2 Å². The van der Waals surface area contributed by atoms with E-state index >= 15 is 0 Å². The van der Waals surface area contributed by atoms with E-state index in [-0.39, 0.29) is 24.3 Å². The fourth-order valence-electron chi connectivity index (χ4n) is 4.39. The van der Waals surface area contributed by atoms with Crippen LogP contribution in [0.1, 0.15) is 44.2 Å². The summed E-state index contributed by atoms with van der Waals surface area (Å²) < 4.78 is 1.79. The Morgan fingerprint density at radius 1 is 1.09 bits per heavy atom. The Balaban J connectivity index is 1.62. The van der Waals surface area contributed by atoms with Gasteiger partial charge in [0.25, 0.3) is 0 Å². The van der Waals surface area contributed by atoms with Crippen LogP contribution in [0.25, 0.3) is 16.9 Å².